The van der Waals surface area contributed by atoms with Crippen LogP contribution in [0.3, 0.4) is 0 Å². The van der Waals surface area contributed by atoms with E-state index < -0.39 is 18.0 Å². The molecule has 0 bridgehead atoms. The van der Waals surface area contributed by atoms with Gasteiger partial charge in [-0.15, -0.1) is 0 Å². The Bertz CT molecular complexity index is 1060. The Morgan fingerprint density at radius 3 is 2.94 bits per heavy atom. The fourth-order valence-corrected chi connectivity index (χ4v) is 3.06. The average molecular weight is 425 g/mol. The van der Waals surface area contributed by atoms with E-state index in [0.29, 0.717) is 35.1 Å². The van der Waals surface area contributed by atoms with Crippen LogP contribution in [0.4, 0.5) is 26.6 Å². The van der Waals surface area contributed by atoms with Crippen molar-refractivity contribution >= 4 is 29.8 Å². The number of amides is 1. The molecule has 160 valence electrons. The molecular formula is C20H20FN7O3. The summed E-state index contributed by atoms with van der Waals surface area (Å²) in [5, 5.41) is 6.59. The van der Waals surface area contributed by atoms with Crippen LogP contribution in [-0.2, 0) is 4.74 Å². The zero-order valence-corrected chi connectivity index (χ0v) is 16.6. The van der Waals surface area contributed by atoms with Crippen molar-refractivity contribution in [1.82, 2.24) is 15.6 Å². The number of pyridine rings is 1. The second kappa shape index (κ2) is 9.11. The van der Waals surface area contributed by atoms with Gasteiger partial charge in [0, 0.05) is 30.4 Å². The van der Waals surface area contributed by atoms with Crippen molar-refractivity contribution in [3.05, 3.63) is 54.6 Å². The Morgan fingerprint density at radius 2 is 2.23 bits per heavy atom. The van der Waals surface area contributed by atoms with Crippen LogP contribution in [0.1, 0.15) is 0 Å². The number of hydrazine groups is 1. The highest BCUT2D eigenvalue weighted by atomic mass is 19.1. The molecule has 11 heteroatoms. The number of cyclic esters (lactones) is 1. The van der Waals surface area contributed by atoms with E-state index in [1.165, 1.54) is 23.5 Å². The molecule has 2 aromatic heterocycles. The molecule has 4 rings (SSSR count). The molecule has 1 aliphatic rings. The molecule has 3 N–H and O–H groups in total. The average Bonchev–Trinajstić information content (AvgIpc) is 3.42. The molecule has 1 aliphatic heterocycles. The van der Waals surface area contributed by atoms with Crippen LogP contribution in [0.25, 0.3) is 11.1 Å². The lowest BCUT2D eigenvalue weighted by molar-refractivity contribution is 0.146. The highest BCUT2D eigenvalue weighted by Crippen LogP contribution is 2.29. The first kappa shape index (κ1) is 20.1. The van der Waals surface area contributed by atoms with Crippen molar-refractivity contribution in [3.63, 3.8) is 0 Å². The quantitative estimate of drug-likeness (QED) is 0.287. The van der Waals surface area contributed by atoms with Crippen LogP contribution in [0.15, 0.2) is 58.3 Å². The third kappa shape index (κ3) is 4.71. The predicted molar refractivity (Wildman–Crippen MR) is 113 cm³/mol. The first-order valence-corrected chi connectivity index (χ1v) is 9.45. The number of anilines is 3. The van der Waals surface area contributed by atoms with Gasteiger partial charge in [0.2, 0.25) is 5.88 Å². The van der Waals surface area contributed by atoms with E-state index in [1.807, 2.05) is 0 Å². The summed E-state index contributed by atoms with van der Waals surface area (Å²) in [6.45, 7) is 0.637. The molecule has 0 aliphatic carbocycles. The Kier molecular flexibility index (Phi) is 5.92. The third-order valence-electron chi connectivity index (χ3n) is 4.55. The van der Waals surface area contributed by atoms with Crippen LogP contribution in [-0.4, -0.2) is 48.8 Å². The molecule has 3 heterocycles. The van der Waals surface area contributed by atoms with E-state index in [1.54, 1.807) is 43.6 Å². The second-order valence-corrected chi connectivity index (χ2v) is 6.63. The first-order chi connectivity index (χ1) is 15.1. The lowest BCUT2D eigenvalue weighted by atomic mass is 10.1. The summed E-state index contributed by atoms with van der Waals surface area (Å²) < 4.78 is 25.1. The van der Waals surface area contributed by atoms with Gasteiger partial charge in [0.05, 0.1) is 25.0 Å². The normalized spacial score (nSPS) is 15.9. The van der Waals surface area contributed by atoms with E-state index >= 15 is 0 Å². The highest BCUT2D eigenvalue weighted by molar-refractivity contribution is 5.90. The number of benzene rings is 1. The number of ether oxygens (including phenoxy) is 1. The summed E-state index contributed by atoms with van der Waals surface area (Å²) in [5.74, 6) is 0.576. The van der Waals surface area contributed by atoms with E-state index in [0.717, 1.165) is 0 Å². The molecule has 0 radical (unpaired) electrons. The maximum absolute atomic E-state index is 14.8. The van der Waals surface area contributed by atoms with E-state index in [2.05, 4.69) is 31.3 Å². The number of nitrogens with one attached hydrogen (secondary N) is 3. The Labute approximate surface area is 177 Å². The number of carbonyl (C=O) groups excluding carboxylic acids is 1. The fourth-order valence-electron chi connectivity index (χ4n) is 3.06. The Balaban J connectivity index is 1.41. The van der Waals surface area contributed by atoms with Gasteiger partial charge >= 0.3 is 6.09 Å². The topological polar surface area (TPSA) is 117 Å². The van der Waals surface area contributed by atoms with Crippen molar-refractivity contribution in [2.75, 3.05) is 35.8 Å². The molecule has 1 fully saturated rings. The number of nitrogens with zero attached hydrogens (tertiary/aromatic N) is 4. The van der Waals surface area contributed by atoms with Crippen molar-refractivity contribution in [2.45, 2.75) is 6.10 Å². The van der Waals surface area contributed by atoms with Gasteiger partial charge in [0.15, 0.2) is 0 Å². The first-order valence-electron chi connectivity index (χ1n) is 9.45. The molecule has 0 saturated carbocycles. The summed E-state index contributed by atoms with van der Waals surface area (Å²) in [5.41, 5.74) is 6.99. The van der Waals surface area contributed by atoms with Gasteiger partial charge in [-0.1, -0.05) is 5.16 Å². The monoisotopic (exact) mass is 425 g/mol. The number of rotatable bonds is 8. The van der Waals surface area contributed by atoms with E-state index in [4.69, 9.17) is 9.26 Å². The van der Waals surface area contributed by atoms with Gasteiger partial charge in [-0.25, -0.2) is 14.2 Å². The minimum atomic E-state index is -0.531. The summed E-state index contributed by atoms with van der Waals surface area (Å²) in [7, 11) is 1.63. The molecule has 1 saturated heterocycles. The number of halogens is 1. The number of hydrogen-bond acceptors (Lipinski definition) is 8. The zero-order valence-electron chi connectivity index (χ0n) is 16.6. The molecule has 1 amide bonds. The molecule has 1 unspecified atom stereocenters. The SMILES string of the molecule is CN=CNNc1ccc(-c2ccc(N3CC(CNc4ccno4)OC3=O)cc2F)cn1. The van der Waals surface area contributed by atoms with Crippen molar-refractivity contribution in [3.8, 4) is 11.1 Å². The number of aromatic nitrogens is 2. The number of hydrogen-bond donors (Lipinski definition) is 3. The van der Waals surface area contributed by atoms with Crippen molar-refractivity contribution < 1.29 is 18.4 Å². The van der Waals surface area contributed by atoms with Gasteiger partial charge in [0.25, 0.3) is 0 Å². The van der Waals surface area contributed by atoms with Gasteiger partial charge < -0.3 is 14.6 Å². The number of aliphatic imine (C=N–C) groups is 1. The predicted octanol–water partition coefficient (Wildman–Crippen LogP) is 2.89. The van der Waals surface area contributed by atoms with E-state index in [9.17, 15) is 9.18 Å². The molecule has 1 aromatic carbocycles. The maximum atomic E-state index is 14.8. The van der Waals surface area contributed by atoms with Gasteiger partial charge in [-0.05, 0) is 30.3 Å². The molecule has 31 heavy (non-hydrogen) atoms. The van der Waals surface area contributed by atoms with Crippen molar-refractivity contribution in [1.29, 1.82) is 0 Å². The Morgan fingerprint density at radius 1 is 1.32 bits per heavy atom. The van der Waals surface area contributed by atoms with Gasteiger partial charge in [-0.2, -0.15) is 0 Å². The van der Waals surface area contributed by atoms with Gasteiger partial charge in [-0.3, -0.25) is 20.7 Å². The van der Waals surface area contributed by atoms with Crippen molar-refractivity contribution in [2.24, 2.45) is 4.99 Å². The zero-order chi connectivity index (χ0) is 21.6. The van der Waals surface area contributed by atoms with Crippen LogP contribution in [0.2, 0.25) is 0 Å². The third-order valence-corrected chi connectivity index (χ3v) is 4.55. The van der Waals surface area contributed by atoms with Gasteiger partial charge in [0.1, 0.15) is 24.1 Å². The largest absolute Gasteiger partial charge is 0.442 e. The molecule has 1 atom stereocenters. The summed E-state index contributed by atoms with van der Waals surface area (Å²) in [6, 6.07) is 9.72. The lowest BCUT2D eigenvalue weighted by Gasteiger charge is -2.14. The van der Waals surface area contributed by atoms with Crippen LogP contribution >= 0.6 is 0 Å². The molecule has 0 spiro atoms. The molecule has 10 nitrogen and oxygen atoms in total. The smallest absolute Gasteiger partial charge is 0.414 e. The van der Waals surface area contributed by atoms with E-state index in [-0.39, 0.29) is 6.54 Å². The summed E-state index contributed by atoms with van der Waals surface area (Å²) in [6.07, 6.45) is 3.61. The highest BCUT2D eigenvalue weighted by Gasteiger charge is 2.32. The maximum Gasteiger partial charge on any atom is 0.414 e. The fraction of sp³-hybridized carbons (Fsp3) is 0.200. The van der Waals surface area contributed by atoms with Crippen LogP contribution in [0.5, 0.6) is 0 Å². The summed E-state index contributed by atoms with van der Waals surface area (Å²) in [4.78, 5) is 21.6. The minimum Gasteiger partial charge on any atom is -0.442 e. The minimum absolute atomic E-state index is 0.286. The summed E-state index contributed by atoms with van der Waals surface area (Å²) >= 11 is 0. The number of carbonyl (C=O) groups is 1. The molecular weight excluding hydrogens is 405 g/mol. The second-order valence-electron chi connectivity index (χ2n) is 6.63. The van der Waals surface area contributed by atoms with Crippen LogP contribution in [0, 0.1) is 5.82 Å². The lowest BCUT2D eigenvalue weighted by Crippen LogP contribution is -2.27. The standard InChI is InChI=1S/C20H20FN7O3/c1-22-12-25-27-18-5-2-13(9-23-18)16-4-3-14(8-17(16)21)28-11-15(30-20(28)29)10-24-19-6-7-26-31-19/h2-9,12,15,24H,10-11H2,1H3,(H,22,25)(H,23,27). The molecule has 3 aromatic rings. The van der Waals surface area contributed by atoms with Crippen LogP contribution < -0.4 is 21.1 Å². The Hall–Kier alpha value is -4.15.